The highest BCUT2D eigenvalue weighted by molar-refractivity contribution is 5.99. The lowest BCUT2D eigenvalue weighted by molar-refractivity contribution is -0.134. The topological polar surface area (TPSA) is 95.5 Å². The molecule has 6 nitrogen and oxygen atoms in total. The van der Waals surface area contributed by atoms with Crippen molar-refractivity contribution in [3.05, 3.63) is 34.9 Å². The minimum Gasteiger partial charge on any atom is -0.383 e. The molecule has 1 atom stereocenters. The zero-order valence-corrected chi connectivity index (χ0v) is 13.4. The number of rotatable bonds is 1. The normalized spacial score (nSPS) is 20.2. The van der Waals surface area contributed by atoms with E-state index in [-0.39, 0.29) is 11.8 Å². The maximum Gasteiger partial charge on any atom is 0.255 e. The Morgan fingerprint density at radius 3 is 2.65 bits per heavy atom. The average molecular weight is 318 g/mol. The van der Waals surface area contributed by atoms with Crippen LogP contribution in [0.25, 0.3) is 0 Å². The molecule has 0 spiro atoms. The smallest absolute Gasteiger partial charge is 0.255 e. The van der Waals surface area contributed by atoms with Gasteiger partial charge in [0, 0.05) is 18.5 Å². The number of fused-ring (bicyclic) bond motifs is 1. The van der Waals surface area contributed by atoms with Crippen LogP contribution >= 0.6 is 0 Å². The van der Waals surface area contributed by atoms with Gasteiger partial charge in [-0.05, 0) is 36.0 Å². The first-order valence-electron chi connectivity index (χ1n) is 7.82. The molecule has 1 aromatic rings. The van der Waals surface area contributed by atoms with E-state index in [1.54, 1.807) is 0 Å². The van der Waals surface area contributed by atoms with Crippen LogP contribution in [0.3, 0.4) is 0 Å². The van der Waals surface area contributed by atoms with E-state index in [0.717, 1.165) is 5.56 Å². The van der Waals surface area contributed by atoms with Crippen LogP contribution in [0.2, 0.25) is 0 Å². The Kier molecular flexibility index (Phi) is 5.50. The third-order valence-electron chi connectivity index (χ3n) is 3.95. The van der Waals surface area contributed by atoms with E-state index in [1.165, 1.54) is 11.1 Å². The summed E-state index contributed by atoms with van der Waals surface area (Å²) in [6.07, 6.45) is 0.311. The van der Waals surface area contributed by atoms with Gasteiger partial charge in [-0.1, -0.05) is 26.0 Å². The molecule has 3 amide bonds. The lowest BCUT2D eigenvalue weighted by atomic mass is 9.95. The van der Waals surface area contributed by atoms with E-state index < -0.39 is 12.0 Å². The van der Waals surface area contributed by atoms with Gasteiger partial charge in [-0.25, -0.2) is 0 Å². The van der Waals surface area contributed by atoms with Crippen molar-refractivity contribution in [2.45, 2.75) is 51.7 Å². The molecule has 1 aromatic carbocycles. The van der Waals surface area contributed by atoms with Crippen LogP contribution in [-0.4, -0.2) is 28.9 Å². The molecule has 1 saturated heterocycles. The molecule has 3 rings (SSSR count). The zero-order valence-electron chi connectivity index (χ0n) is 13.4. The first-order chi connectivity index (χ1) is 10.9. The van der Waals surface area contributed by atoms with Crippen LogP contribution in [-0.2, 0) is 16.1 Å². The fraction of sp³-hybridized carbons (Fsp3) is 0.471. The molecule has 0 saturated carbocycles. The Morgan fingerprint density at radius 2 is 1.96 bits per heavy atom. The zero-order chi connectivity index (χ0) is 17.0. The predicted molar refractivity (Wildman–Crippen MR) is 84.7 cm³/mol. The molecule has 23 heavy (non-hydrogen) atoms. The van der Waals surface area contributed by atoms with Gasteiger partial charge >= 0.3 is 0 Å². The summed E-state index contributed by atoms with van der Waals surface area (Å²) in [4.78, 5) is 32.6. The molecule has 0 radical (unpaired) electrons. The third kappa shape index (κ3) is 4.16. The second-order valence-corrected chi connectivity index (χ2v) is 6.03. The second-order valence-electron chi connectivity index (χ2n) is 6.03. The van der Waals surface area contributed by atoms with Gasteiger partial charge in [0.05, 0.1) is 0 Å². The van der Waals surface area contributed by atoms with Gasteiger partial charge in [0.1, 0.15) is 6.10 Å². The van der Waals surface area contributed by atoms with Gasteiger partial charge in [0.25, 0.3) is 11.8 Å². The fourth-order valence-corrected chi connectivity index (χ4v) is 2.69. The molecule has 6 heteroatoms. The molecule has 0 aliphatic carbocycles. The summed E-state index contributed by atoms with van der Waals surface area (Å²) in [6.45, 7) is 5.00. The van der Waals surface area contributed by atoms with Crippen molar-refractivity contribution in [1.29, 1.82) is 0 Å². The molecular formula is C17H22N2O4. The lowest BCUT2D eigenvalue weighted by Crippen LogP contribution is -2.35. The maximum absolute atomic E-state index is 11.3. The van der Waals surface area contributed by atoms with Crippen molar-refractivity contribution in [3.8, 4) is 0 Å². The number of hydrogen-bond donors (Lipinski definition) is 3. The molecule has 2 heterocycles. The number of aliphatic hydroxyl groups excluding tert-OH is 1. The fourth-order valence-electron chi connectivity index (χ4n) is 2.69. The standard InChI is InChI=1S/C11H13NO.C6H9NO3/c1-7(2)8-4-3-5-9-10(8)6-12-11(9)13;8-4-2-1-3-5(9)7-6(4)10/h3-5,7H,6H2,1-2H3,(H,12,13);4,8H,1-3H2,(H,7,9,10). The molecular weight excluding hydrogens is 296 g/mol. The quantitative estimate of drug-likeness (QED) is 0.679. The minimum atomic E-state index is -0.994. The van der Waals surface area contributed by atoms with Crippen molar-refractivity contribution >= 4 is 17.7 Å². The number of amides is 3. The first-order valence-corrected chi connectivity index (χ1v) is 7.82. The van der Waals surface area contributed by atoms with Gasteiger partial charge in [-0.2, -0.15) is 0 Å². The van der Waals surface area contributed by atoms with E-state index in [4.69, 9.17) is 5.11 Å². The molecule has 3 N–H and O–H groups in total. The lowest BCUT2D eigenvalue weighted by Gasteiger charge is -2.09. The molecule has 2 aliphatic rings. The Hall–Kier alpha value is -2.21. The third-order valence-corrected chi connectivity index (χ3v) is 3.95. The van der Waals surface area contributed by atoms with Crippen LogP contribution in [0.1, 0.15) is 60.5 Å². The summed E-state index contributed by atoms with van der Waals surface area (Å²) >= 11 is 0. The van der Waals surface area contributed by atoms with Gasteiger partial charge < -0.3 is 10.4 Å². The Morgan fingerprint density at radius 1 is 1.22 bits per heavy atom. The number of imide groups is 1. The van der Waals surface area contributed by atoms with E-state index in [0.29, 0.717) is 31.7 Å². The first kappa shape index (κ1) is 17.1. The summed E-state index contributed by atoms with van der Waals surface area (Å²) in [5.41, 5.74) is 3.32. The van der Waals surface area contributed by atoms with E-state index in [1.807, 2.05) is 12.1 Å². The van der Waals surface area contributed by atoms with Crippen molar-refractivity contribution in [3.63, 3.8) is 0 Å². The summed E-state index contributed by atoms with van der Waals surface area (Å²) in [6, 6.07) is 5.95. The summed E-state index contributed by atoms with van der Waals surface area (Å²) in [7, 11) is 0. The van der Waals surface area contributed by atoms with Crippen LogP contribution < -0.4 is 10.6 Å². The SMILES string of the molecule is CC(C)c1cccc2c1CNC2=O.O=C1CCCC(O)C(=O)N1. The van der Waals surface area contributed by atoms with E-state index in [2.05, 4.69) is 30.5 Å². The predicted octanol–water partition coefficient (Wildman–Crippen LogP) is 1.23. The van der Waals surface area contributed by atoms with E-state index in [9.17, 15) is 14.4 Å². The summed E-state index contributed by atoms with van der Waals surface area (Å²) in [5.74, 6) is -0.302. The van der Waals surface area contributed by atoms with Crippen molar-refractivity contribution in [2.75, 3.05) is 0 Å². The van der Waals surface area contributed by atoms with Gasteiger partial charge in [0.15, 0.2) is 0 Å². The molecule has 0 aromatic heterocycles. The number of carbonyl (C=O) groups excluding carboxylic acids is 3. The maximum atomic E-state index is 11.3. The number of aliphatic hydroxyl groups is 1. The van der Waals surface area contributed by atoms with Crippen LogP contribution in [0.5, 0.6) is 0 Å². The molecule has 1 unspecified atom stereocenters. The average Bonchev–Trinajstić information content (AvgIpc) is 2.82. The van der Waals surface area contributed by atoms with E-state index >= 15 is 0 Å². The molecule has 0 bridgehead atoms. The molecule has 2 aliphatic heterocycles. The number of carbonyl (C=O) groups is 3. The number of hydrogen-bond acceptors (Lipinski definition) is 4. The van der Waals surface area contributed by atoms with Crippen molar-refractivity contribution < 1.29 is 19.5 Å². The van der Waals surface area contributed by atoms with Gasteiger partial charge in [0.2, 0.25) is 5.91 Å². The van der Waals surface area contributed by atoms with Gasteiger partial charge in [-0.3, -0.25) is 19.7 Å². The second kappa shape index (κ2) is 7.37. The molecule has 124 valence electrons. The van der Waals surface area contributed by atoms with Crippen LogP contribution in [0, 0.1) is 0 Å². The van der Waals surface area contributed by atoms with Gasteiger partial charge in [-0.15, -0.1) is 0 Å². The summed E-state index contributed by atoms with van der Waals surface area (Å²) in [5, 5.41) is 13.8. The van der Waals surface area contributed by atoms with Crippen LogP contribution in [0.4, 0.5) is 0 Å². The van der Waals surface area contributed by atoms with Crippen LogP contribution in [0.15, 0.2) is 18.2 Å². The van der Waals surface area contributed by atoms with Crippen molar-refractivity contribution in [2.24, 2.45) is 0 Å². The largest absolute Gasteiger partial charge is 0.383 e. The Bertz CT molecular complexity index is 625. The Balaban J connectivity index is 0.000000174. The highest BCUT2D eigenvalue weighted by Gasteiger charge is 2.22. The number of nitrogens with one attached hydrogen (secondary N) is 2. The highest BCUT2D eigenvalue weighted by atomic mass is 16.3. The summed E-state index contributed by atoms with van der Waals surface area (Å²) < 4.78 is 0. The minimum absolute atomic E-state index is 0.0671. The number of benzene rings is 1. The monoisotopic (exact) mass is 318 g/mol. The highest BCUT2D eigenvalue weighted by Crippen LogP contribution is 2.25. The molecule has 1 fully saturated rings. The Labute approximate surface area is 135 Å². The van der Waals surface area contributed by atoms with Crippen molar-refractivity contribution in [1.82, 2.24) is 10.6 Å².